The van der Waals surface area contributed by atoms with Gasteiger partial charge in [0.15, 0.2) is 0 Å². The van der Waals surface area contributed by atoms with E-state index >= 15 is 0 Å². The Morgan fingerprint density at radius 3 is 2.75 bits per heavy atom. The molecule has 0 aliphatic carbocycles. The van der Waals surface area contributed by atoms with Crippen LogP contribution in [-0.2, 0) is 0 Å². The van der Waals surface area contributed by atoms with Gasteiger partial charge in [-0.15, -0.1) is 0 Å². The monoisotopic (exact) mass is 160 g/mol. The van der Waals surface area contributed by atoms with Gasteiger partial charge >= 0.3 is 0 Å². The molecule has 0 unspecified atom stereocenters. The zero-order valence-corrected chi connectivity index (χ0v) is 6.83. The van der Waals surface area contributed by atoms with E-state index in [0.29, 0.717) is 6.54 Å². The maximum atomic E-state index is 7.04. The molecule has 0 aromatic heterocycles. The third kappa shape index (κ3) is 2.32. The van der Waals surface area contributed by atoms with Crippen LogP contribution in [0.25, 0.3) is 6.08 Å². The number of benzene rings is 1. The first-order chi connectivity index (χ1) is 5.86. The van der Waals surface area contributed by atoms with Gasteiger partial charge < -0.3 is 11.1 Å². The van der Waals surface area contributed by atoms with Gasteiger partial charge in [-0.3, -0.25) is 0 Å². The third-order valence-corrected chi connectivity index (χ3v) is 1.52. The van der Waals surface area contributed by atoms with Gasteiger partial charge in [-0.25, -0.2) is 0 Å². The summed E-state index contributed by atoms with van der Waals surface area (Å²) in [5, 5.41) is 7.04. The van der Waals surface area contributed by atoms with Crippen molar-refractivity contribution in [3.63, 3.8) is 0 Å². The molecule has 2 heteroatoms. The Kier molecular flexibility index (Phi) is 3.23. The van der Waals surface area contributed by atoms with Gasteiger partial charge in [0.05, 0.1) is 0 Å². The van der Waals surface area contributed by atoms with Crippen molar-refractivity contribution in [3.05, 3.63) is 41.5 Å². The Morgan fingerprint density at radius 1 is 1.33 bits per heavy atom. The van der Waals surface area contributed by atoms with E-state index in [1.807, 2.05) is 36.4 Å². The standard InChI is InChI=1S/C10H12N2/c11-6-2-5-9-3-1-4-10(7-9)8-12/h1-5,7-8,12H,6,11H2/b5-2+,12-8?. The SMILES string of the molecule is N=Cc1cccc(/C=C/CN)c1. The molecule has 0 amide bonds. The van der Waals surface area contributed by atoms with Crippen LogP contribution in [0, 0.1) is 5.41 Å². The normalized spacial score (nSPS) is 10.4. The highest BCUT2D eigenvalue weighted by molar-refractivity contribution is 5.78. The van der Waals surface area contributed by atoms with Crippen molar-refractivity contribution in [3.8, 4) is 0 Å². The average molecular weight is 160 g/mol. The molecule has 0 atom stereocenters. The largest absolute Gasteiger partial charge is 0.327 e. The third-order valence-electron chi connectivity index (χ3n) is 1.52. The van der Waals surface area contributed by atoms with Crippen LogP contribution in [0.3, 0.4) is 0 Å². The predicted molar refractivity (Wildman–Crippen MR) is 52.4 cm³/mol. The number of hydrogen-bond acceptors (Lipinski definition) is 2. The van der Waals surface area contributed by atoms with Crippen molar-refractivity contribution in [1.29, 1.82) is 5.41 Å². The molecule has 0 aliphatic rings. The molecule has 0 aliphatic heterocycles. The second-order valence-electron chi connectivity index (χ2n) is 2.45. The van der Waals surface area contributed by atoms with E-state index in [1.54, 1.807) is 0 Å². The van der Waals surface area contributed by atoms with Gasteiger partial charge in [0.1, 0.15) is 0 Å². The lowest BCUT2D eigenvalue weighted by Gasteiger charge is -1.94. The Bertz CT molecular complexity index is 290. The summed E-state index contributed by atoms with van der Waals surface area (Å²) in [5.74, 6) is 0. The second-order valence-corrected chi connectivity index (χ2v) is 2.45. The lowest BCUT2D eigenvalue weighted by Crippen LogP contribution is -1.92. The average Bonchev–Trinajstić information content (AvgIpc) is 2.15. The van der Waals surface area contributed by atoms with Gasteiger partial charge in [0, 0.05) is 12.8 Å². The quantitative estimate of drug-likeness (QED) is 0.649. The van der Waals surface area contributed by atoms with Crippen LogP contribution in [-0.4, -0.2) is 12.8 Å². The van der Waals surface area contributed by atoms with Gasteiger partial charge in [-0.1, -0.05) is 30.4 Å². The number of rotatable bonds is 3. The van der Waals surface area contributed by atoms with Crippen LogP contribution in [0.1, 0.15) is 11.1 Å². The van der Waals surface area contributed by atoms with Crippen LogP contribution in [0.2, 0.25) is 0 Å². The van der Waals surface area contributed by atoms with Crippen LogP contribution < -0.4 is 5.73 Å². The summed E-state index contributed by atoms with van der Waals surface area (Å²) >= 11 is 0. The molecule has 2 nitrogen and oxygen atoms in total. The second kappa shape index (κ2) is 4.46. The maximum absolute atomic E-state index is 7.04. The molecule has 12 heavy (non-hydrogen) atoms. The van der Waals surface area contributed by atoms with Crippen molar-refractivity contribution in [1.82, 2.24) is 0 Å². The Hall–Kier alpha value is -1.41. The highest BCUT2D eigenvalue weighted by atomic mass is 14.5. The number of hydrogen-bond donors (Lipinski definition) is 2. The van der Waals surface area contributed by atoms with E-state index in [2.05, 4.69) is 0 Å². The molecule has 62 valence electrons. The molecular weight excluding hydrogens is 148 g/mol. The van der Waals surface area contributed by atoms with Crippen LogP contribution in [0.15, 0.2) is 30.3 Å². The van der Waals surface area contributed by atoms with E-state index < -0.39 is 0 Å². The van der Waals surface area contributed by atoms with Crippen molar-refractivity contribution in [2.45, 2.75) is 0 Å². The molecule has 0 radical (unpaired) electrons. The fraction of sp³-hybridized carbons (Fsp3) is 0.100. The first-order valence-electron chi connectivity index (χ1n) is 3.84. The van der Waals surface area contributed by atoms with Crippen molar-refractivity contribution >= 4 is 12.3 Å². The summed E-state index contributed by atoms with van der Waals surface area (Å²) in [4.78, 5) is 0. The van der Waals surface area contributed by atoms with Crippen LogP contribution in [0.5, 0.6) is 0 Å². The van der Waals surface area contributed by atoms with Crippen molar-refractivity contribution in [2.24, 2.45) is 5.73 Å². The summed E-state index contributed by atoms with van der Waals surface area (Å²) in [6.45, 7) is 0.550. The maximum Gasteiger partial charge on any atom is 0.0250 e. The van der Waals surface area contributed by atoms with Gasteiger partial charge in [-0.05, 0) is 17.2 Å². The topological polar surface area (TPSA) is 49.9 Å². The van der Waals surface area contributed by atoms with E-state index in [1.165, 1.54) is 6.21 Å². The molecule has 1 rings (SSSR count). The van der Waals surface area contributed by atoms with E-state index in [0.717, 1.165) is 11.1 Å². The van der Waals surface area contributed by atoms with Gasteiger partial charge in [0.2, 0.25) is 0 Å². The smallest absolute Gasteiger partial charge is 0.0250 e. The lowest BCUT2D eigenvalue weighted by molar-refractivity contribution is 1.26. The Morgan fingerprint density at radius 2 is 2.08 bits per heavy atom. The lowest BCUT2D eigenvalue weighted by atomic mass is 10.1. The minimum Gasteiger partial charge on any atom is -0.327 e. The molecule has 0 saturated heterocycles. The van der Waals surface area contributed by atoms with Crippen molar-refractivity contribution < 1.29 is 0 Å². The molecule has 0 saturated carbocycles. The highest BCUT2D eigenvalue weighted by Gasteiger charge is 1.87. The number of nitrogens with one attached hydrogen (secondary N) is 1. The molecule has 3 N–H and O–H groups in total. The zero-order valence-electron chi connectivity index (χ0n) is 6.83. The van der Waals surface area contributed by atoms with E-state index in [4.69, 9.17) is 11.1 Å². The fourth-order valence-corrected chi connectivity index (χ4v) is 0.957. The first-order valence-corrected chi connectivity index (χ1v) is 3.84. The summed E-state index contributed by atoms with van der Waals surface area (Å²) in [5.41, 5.74) is 7.31. The summed E-state index contributed by atoms with van der Waals surface area (Å²) in [7, 11) is 0. The molecule has 0 fully saturated rings. The summed E-state index contributed by atoms with van der Waals surface area (Å²) < 4.78 is 0. The molecular formula is C10H12N2. The summed E-state index contributed by atoms with van der Waals surface area (Å²) in [6.07, 6.45) is 5.18. The van der Waals surface area contributed by atoms with E-state index in [9.17, 15) is 0 Å². The van der Waals surface area contributed by atoms with Crippen molar-refractivity contribution in [2.75, 3.05) is 6.54 Å². The Labute approximate surface area is 72.2 Å². The number of nitrogens with two attached hydrogens (primary N) is 1. The van der Waals surface area contributed by atoms with Gasteiger partial charge in [0.25, 0.3) is 0 Å². The minimum absolute atomic E-state index is 0.550. The molecule has 1 aromatic carbocycles. The minimum atomic E-state index is 0.550. The highest BCUT2D eigenvalue weighted by Crippen LogP contribution is 2.04. The van der Waals surface area contributed by atoms with Crippen LogP contribution >= 0.6 is 0 Å². The Balaban J connectivity index is 2.86. The summed E-state index contributed by atoms with van der Waals surface area (Å²) in [6, 6.07) is 7.75. The molecule has 1 aromatic rings. The van der Waals surface area contributed by atoms with E-state index in [-0.39, 0.29) is 0 Å². The molecule has 0 heterocycles. The molecule has 0 bridgehead atoms. The zero-order chi connectivity index (χ0) is 8.81. The van der Waals surface area contributed by atoms with Crippen LogP contribution in [0.4, 0.5) is 0 Å². The van der Waals surface area contributed by atoms with Gasteiger partial charge in [-0.2, -0.15) is 0 Å². The fourth-order valence-electron chi connectivity index (χ4n) is 0.957. The molecule has 0 spiro atoms. The first kappa shape index (κ1) is 8.68. The predicted octanol–water partition coefficient (Wildman–Crippen LogP) is 1.66.